The second-order valence-electron chi connectivity index (χ2n) is 2.92. The van der Waals surface area contributed by atoms with Gasteiger partial charge in [-0.1, -0.05) is 0 Å². The monoisotopic (exact) mass is 229 g/mol. The van der Waals surface area contributed by atoms with Crippen LogP contribution in [0.15, 0.2) is 24.5 Å². The summed E-state index contributed by atoms with van der Waals surface area (Å²) < 4.78 is 37.8. The number of anilines is 1. The molecule has 2 N–H and O–H groups in total. The predicted octanol–water partition coefficient (Wildman–Crippen LogP) is 1.26. The minimum Gasteiger partial charge on any atom is -0.368 e. The Hall–Kier alpha value is -2.12. The van der Waals surface area contributed by atoms with Crippen LogP contribution in [0, 0.1) is 0 Å². The van der Waals surface area contributed by atoms with Crippen LogP contribution in [0.4, 0.5) is 19.1 Å². The summed E-state index contributed by atoms with van der Waals surface area (Å²) in [5.41, 5.74) is 4.32. The minimum absolute atomic E-state index is 0.0263. The maximum absolute atomic E-state index is 12.3. The van der Waals surface area contributed by atoms with Crippen LogP contribution in [0.1, 0.15) is 5.69 Å². The number of nitrogen functional groups attached to an aromatic ring is 1. The van der Waals surface area contributed by atoms with Gasteiger partial charge in [-0.15, -0.1) is 0 Å². The number of hydrogen-bond donors (Lipinski definition) is 1. The smallest absolute Gasteiger partial charge is 0.368 e. The minimum atomic E-state index is -4.47. The van der Waals surface area contributed by atoms with E-state index < -0.39 is 11.9 Å². The molecule has 0 bridgehead atoms. The van der Waals surface area contributed by atoms with Crippen molar-refractivity contribution < 1.29 is 13.2 Å². The van der Waals surface area contributed by atoms with Crippen molar-refractivity contribution in [3.05, 3.63) is 30.2 Å². The highest BCUT2D eigenvalue weighted by atomic mass is 19.4. The first-order valence-electron chi connectivity index (χ1n) is 4.18. The summed E-state index contributed by atoms with van der Waals surface area (Å²) >= 11 is 0. The molecule has 0 atom stereocenters. The molecule has 0 fully saturated rings. The summed E-state index contributed by atoms with van der Waals surface area (Å²) in [4.78, 5) is 7.36. The van der Waals surface area contributed by atoms with Crippen molar-refractivity contribution in [2.45, 2.75) is 6.18 Å². The normalized spacial score (nSPS) is 11.7. The van der Waals surface area contributed by atoms with Crippen molar-refractivity contribution in [2.75, 3.05) is 5.73 Å². The van der Waals surface area contributed by atoms with E-state index in [9.17, 15) is 13.2 Å². The zero-order valence-corrected chi connectivity index (χ0v) is 7.81. The fraction of sp³-hybridized carbons (Fsp3) is 0.125. The highest BCUT2D eigenvalue weighted by Crippen LogP contribution is 2.27. The quantitative estimate of drug-likeness (QED) is 0.799. The van der Waals surface area contributed by atoms with Crippen LogP contribution < -0.4 is 5.73 Å². The largest absolute Gasteiger partial charge is 0.435 e. The third-order valence-corrected chi connectivity index (χ3v) is 1.77. The molecule has 16 heavy (non-hydrogen) atoms. The van der Waals surface area contributed by atoms with Crippen molar-refractivity contribution in [3.63, 3.8) is 0 Å². The van der Waals surface area contributed by atoms with E-state index in [2.05, 4.69) is 15.1 Å². The molecule has 0 saturated heterocycles. The maximum Gasteiger partial charge on any atom is 0.435 e. The van der Waals surface area contributed by atoms with Gasteiger partial charge >= 0.3 is 6.18 Å². The average Bonchev–Trinajstić information content (AvgIpc) is 2.65. The van der Waals surface area contributed by atoms with Gasteiger partial charge in [0.15, 0.2) is 11.5 Å². The first-order chi connectivity index (χ1) is 7.47. The van der Waals surface area contributed by atoms with Crippen molar-refractivity contribution in [3.8, 4) is 5.82 Å². The SMILES string of the molecule is Nc1nccc(-n2ccc(C(F)(F)F)n2)n1. The van der Waals surface area contributed by atoms with E-state index in [4.69, 9.17) is 5.73 Å². The van der Waals surface area contributed by atoms with E-state index in [1.54, 1.807) is 0 Å². The Bertz CT molecular complexity index is 504. The van der Waals surface area contributed by atoms with E-state index >= 15 is 0 Å². The standard InChI is InChI=1S/C8H6F3N5/c9-8(10,11)5-2-4-16(15-5)6-1-3-13-7(12)14-6/h1-4H,(H2,12,13,14). The molecule has 0 unspecified atom stereocenters. The Labute approximate surface area is 87.7 Å². The van der Waals surface area contributed by atoms with Gasteiger partial charge in [0.25, 0.3) is 0 Å². The Morgan fingerprint density at radius 3 is 2.56 bits per heavy atom. The molecule has 0 aliphatic carbocycles. The van der Waals surface area contributed by atoms with Gasteiger partial charge in [-0.05, 0) is 6.07 Å². The number of nitrogens with two attached hydrogens (primary N) is 1. The molecule has 0 aliphatic heterocycles. The molecule has 8 heteroatoms. The third-order valence-electron chi connectivity index (χ3n) is 1.77. The number of alkyl halides is 3. The van der Waals surface area contributed by atoms with Crippen LogP contribution in [0.3, 0.4) is 0 Å². The van der Waals surface area contributed by atoms with Crippen LogP contribution in [-0.4, -0.2) is 19.7 Å². The van der Waals surface area contributed by atoms with E-state index in [1.165, 1.54) is 12.3 Å². The molecular formula is C8H6F3N5. The number of nitrogens with zero attached hydrogens (tertiary/aromatic N) is 4. The fourth-order valence-electron chi connectivity index (χ4n) is 1.09. The molecule has 0 radical (unpaired) electrons. The maximum atomic E-state index is 12.3. The van der Waals surface area contributed by atoms with Gasteiger partial charge in [-0.25, -0.2) is 9.67 Å². The van der Waals surface area contributed by atoms with Gasteiger partial charge in [0, 0.05) is 18.5 Å². The molecule has 2 rings (SSSR count). The van der Waals surface area contributed by atoms with E-state index in [0.29, 0.717) is 0 Å². The molecule has 0 saturated carbocycles. The molecule has 2 aromatic heterocycles. The first kappa shape index (κ1) is 10.4. The van der Waals surface area contributed by atoms with Crippen molar-refractivity contribution in [2.24, 2.45) is 0 Å². The molecule has 5 nitrogen and oxygen atoms in total. The summed E-state index contributed by atoms with van der Waals surface area (Å²) in [7, 11) is 0. The Morgan fingerprint density at radius 1 is 1.25 bits per heavy atom. The van der Waals surface area contributed by atoms with Crippen LogP contribution in [0.5, 0.6) is 0 Å². The molecular weight excluding hydrogens is 223 g/mol. The summed E-state index contributed by atoms with van der Waals surface area (Å²) in [6, 6.07) is 2.27. The van der Waals surface area contributed by atoms with Gasteiger partial charge in [-0.3, -0.25) is 0 Å². The number of halogens is 3. The van der Waals surface area contributed by atoms with Crippen molar-refractivity contribution in [1.82, 2.24) is 19.7 Å². The van der Waals surface area contributed by atoms with E-state index in [1.807, 2.05) is 0 Å². The second kappa shape index (κ2) is 3.47. The lowest BCUT2D eigenvalue weighted by Gasteiger charge is -2.02. The highest BCUT2D eigenvalue weighted by Gasteiger charge is 2.33. The van der Waals surface area contributed by atoms with Gasteiger partial charge in [0.2, 0.25) is 5.95 Å². The highest BCUT2D eigenvalue weighted by molar-refractivity contribution is 5.27. The number of aromatic nitrogens is 4. The zero-order chi connectivity index (χ0) is 11.8. The molecule has 0 aliphatic rings. The first-order valence-corrected chi connectivity index (χ1v) is 4.18. The van der Waals surface area contributed by atoms with Gasteiger partial charge < -0.3 is 5.73 Å². The van der Waals surface area contributed by atoms with Crippen molar-refractivity contribution >= 4 is 5.95 Å². The van der Waals surface area contributed by atoms with Crippen LogP contribution in [-0.2, 0) is 6.18 Å². The summed E-state index contributed by atoms with van der Waals surface area (Å²) in [5, 5.41) is 3.34. The predicted molar refractivity (Wildman–Crippen MR) is 48.6 cm³/mol. The zero-order valence-electron chi connectivity index (χ0n) is 7.81. The molecule has 0 amide bonds. The number of hydrogen-bond acceptors (Lipinski definition) is 4. The summed E-state index contributed by atoms with van der Waals surface area (Å²) in [5.74, 6) is 0.157. The fourth-order valence-corrected chi connectivity index (χ4v) is 1.09. The number of rotatable bonds is 1. The lowest BCUT2D eigenvalue weighted by Crippen LogP contribution is -2.08. The average molecular weight is 229 g/mol. The molecule has 84 valence electrons. The summed E-state index contributed by atoms with van der Waals surface area (Å²) in [6.45, 7) is 0. The molecule has 2 heterocycles. The Balaban J connectivity index is 2.39. The van der Waals surface area contributed by atoms with Crippen molar-refractivity contribution in [1.29, 1.82) is 0 Å². The summed E-state index contributed by atoms with van der Waals surface area (Å²) in [6.07, 6.45) is -1.97. The second-order valence-corrected chi connectivity index (χ2v) is 2.92. The molecule has 0 aromatic carbocycles. The Kier molecular flexibility index (Phi) is 2.26. The van der Waals surface area contributed by atoms with Gasteiger partial charge in [0.05, 0.1) is 0 Å². The van der Waals surface area contributed by atoms with Gasteiger partial charge in [0.1, 0.15) is 0 Å². The topological polar surface area (TPSA) is 69.6 Å². The Morgan fingerprint density at radius 2 is 2.00 bits per heavy atom. The third kappa shape index (κ3) is 1.95. The van der Waals surface area contributed by atoms with Crippen LogP contribution >= 0.6 is 0 Å². The molecule has 0 spiro atoms. The molecule has 2 aromatic rings. The van der Waals surface area contributed by atoms with Crippen LogP contribution in [0.2, 0.25) is 0 Å². The van der Waals surface area contributed by atoms with Gasteiger partial charge in [-0.2, -0.15) is 23.3 Å². The lowest BCUT2D eigenvalue weighted by atomic mass is 10.4. The van der Waals surface area contributed by atoms with E-state index in [0.717, 1.165) is 16.9 Å². The van der Waals surface area contributed by atoms with E-state index in [-0.39, 0.29) is 11.8 Å². The lowest BCUT2D eigenvalue weighted by molar-refractivity contribution is -0.141. The van der Waals surface area contributed by atoms with Crippen LogP contribution in [0.25, 0.3) is 5.82 Å².